The number of nitrogens with one attached hydrogen (secondary N) is 1. The summed E-state index contributed by atoms with van der Waals surface area (Å²) < 4.78 is 0. The minimum absolute atomic E-state index is 0.338. The zero-order valence-corrected chi connectivity index (χ0v) is 10.2. The number of hydrogen-bond acceptors (Lipinski definition) is 3. The number of aryl methyl sites for hydroxylation is 1. The van der Waals surface area contributed by atoms with E-state index >= 15 is 0 Å². The second kappa shape index (κ2) is 5.46. The molecule has 4 nitrogen and oxygen atoms in total. The molecular weight excluding hydrogens is 240 g/mol. The van der Waals surface area contributed by atoms with Gasteiger partial charge < -0.3 is 5.32 Å². The van der Waals surface area contributed by atoms with Crippen molar-refractivity contribution in [3.05, 3.63) is 34.3 Å². The van der Waals surface area contributed by atoms with Gasteiger partial charge in [0.25, 0.3) is 0 Å². The Kier molecular flexibility index (Phi) is 4.24. The number of nitrogens with zero attached hydrogens (tertiary/aromatic N) is 1. The van der Waals surface area contributed by atoms with Gasteiger partial charge in [0.05, 0.1) is 6.07 Å². The normalized spacial score (nSPS) is 11.4. The topological polar surface area (TPSA) is 70.0 Å². The fourth-order valence-corrected chi connectivity index (χ4v) is 1.67. The number of benzene rings is 1. The zero-order chi connectivity index (χ0) is 13.0. The van der Waals surface area contributed by atoms with Crippen LogP contribution < -0.4 is 5.32 Å². The summed E-state index contributed by atoms with van der Waals surface area (Å²) in [5.74, 6) is -2.44. The lowest BCUT2D eigenvalue weighted by molar-refractivity contribution is -0.121. The molecule has 1 rings (SSSR count). The van der Waals surface area contributed by atoms with Crippen molar-refractivity contribution in [1.82, 2.24) is 5.32 Å². The van der Waals surface area contributed by atoms with Crippen LogP contribution in [0, 0.1) is 24.2 Å². The standard InChI is InChI=1S/C12H11ClN2O2/c1-7-5-8(13)3-4-9(7)11(16)10(6-14)12(17)15-2/h3-5,10H,1-2H3,(H,15,17). The van der Waals surface area contributed by atoms with Gasteiger partial charge in [-0.2, -0.15) is 5.26 Å². The van der Waals surface area contributed by atoms with Crippen LogP contribution in [0.2, 0.25) is 5.02 Å². The van der Waals surface area contributed by atoms with Crippen LogP contribution in [0.15, 0.2) is 18.2 Å². The Balaban J connectivity index is 3.12. The number of Topliss-reactive ketones (excluding diaryl/α,β-unsaturated/α-hetero) is 1. The Hall–Kier alpha value is -1.86. The lowest BCUT2D eigenvalue weighted by atomic mass is 9.95. The first-order valence-corrected chi connectivity index (χ1v) is 5.30. The van der Waals surface area contributed by atoms with Gasteiger partial charge in [0.15, 0.2) is 11.7 Å². The number of amides is 1. The van der Waals surface area contributed by atoms with Gasteiger partial charge in [-0.1, -0.05) is 11.6 Å². The van der Waals surface area contributed by atoms with E-state index in [1.807, 2.05) is 0 Å². The third-order valence-electron chi connectivity index (χ3n) is 2.35. The summed E-state index contributed by atoms with van der Waals surface area (Å²) in [6, 6.07) is 6.39. The van der Waals surface area contributed by atoms with Crippen molar-refractivity contribution in [2.75, 3.05) is 7.05 Å². The number of ketones is 1. The fourth-order valence-electron chi connectivity index (χ4n) is 1.44. The summed E-state index contributed by atoms with van der Waals surface area (Å²) in [6.07, 6.45) is 0. The van der Waals surface area contributed by atoms with Gasteiger partial charge in [-0.05, 0) is 30.7 Å². The van der Waals surface area contributed by atoms with Crippen LogP contribution >= 0.6 is 11.6 Å². The first-order chi connectivity index (χ1) is 8.01. The van der Waals surface area contributed by atoms with Crippen molar-refractivity contribution in [2.45, 2.75) is 6.92 Å². The summed E-state index contributed by atoms with van der Waals surface area (Å²) in [7, 11) is 1.38. The Morgan fingerprint density at radius 1 is 1.47 bits per heavy atom. The van der Waals surface area contributed by atoms with E-state index in [4.69, 9.17) is 16.9 Å². The highest BCUT2D eigenvalue weighted by atomic mass is 35.5. The molecule has 0 radical (unpaired) electrons. The predicted molar refractivity (Wildman–Crippen MR) is 63.7 cm³/mol. The van der Waals surface area contributed by atoms with E-state index in [2.05, 4.69) is 5.32 Å². The fraction of sp³-hybridized carbons (Fsp3) is 0.250. The molecule has 17 heavy (non-hydrogen) atoms. The van der Waals surface area contributed by atoms with E-state index in [1.165, 1.54) is 13.1 Å². The zero-order valence-electron chi connectivity index (χ0n) is 9.45. The highest BCUT2D eigenvalue weighted by Crippen LogP contribution is 2.18. The Morgan fingerprint density at radius 3 is 2.59 bits per heavy atom. The monoisotopic (exact) mass is 250 g/mol. The van der Waals surface area contributed by atoms with Crippen LogP contribution in [0.3, 0.4) is 0 Å². The average Bonchev–Trinajstić information content (AvgIpc) is 2.29. The minimum Gasteiger partial charge on any atom is -0.358 e. The average molecular weight is 251 g/mol. The van der Waals surface area contributed by atoms with Gasteiger partial charge in [0.2, 0.25) is 5.91 Å². The number of hydrogen-bond donors (Lipinski definition) is 1. The first-order valence-electron chi connectivity index (χ1n) is 4.92. The van der Waals surface area contributed by atoms with Crippen LogP contribution in [0.4, 0.5) is 0 Å². The molecule has 0 saturated heterocycles. The number of rotatable bonds is 3. The van der Waals surface area contributed by atoms with Gasteiger partial charge in [-0.3, -0.25) is 9.59 Å². The van der Waals surface area contributed by atoms with E-state index in [9.17, 15) is 9.59 Å². The molecule has 0 fully saturated rings. The molecule has 1 amide bonds. The molecule has 0 bridgehead atoms. The maximum Gasteiger partial charge on any atom is 0.245 e. The lowest BCUT2D eigenvalue weighted by Crippen LogP contribution is -2.32. The molecule has 0 aromatic heterocycles. The van der Waals surface area contributed by atoms with Crippen molar-refractivity contribution in [3.8, 4) is 6.07 Å². The third-order valence-corrected chi connectivity index (χ3v) is 2.59. The third kappa shape index (κ3) is 2.83. The number of carbonyl (C=O) groups excluding carboxylic acids is 2. The maximum atomic E-state index is 12.0. The van der Waals surface area contributed by atoms with Crippen LogP contribution in [0.25, 0.3) is 0 Å². The van der Waals surface area contributed by atoms with Crippen molar-refractivity contribution in [3.63, 3.8) is 0 Å². The van der Waals surface area contributed by atoms with E-state index in [-0.39, 0.29) is 0 Å². The van der Waals surface area contributed by atoms with Gasteiger partial charge in [0, 0.05) is 17.6 Å². The molecule has 88 valence electrons. The highest BCUT2D eigenvalue weighted by Gasteiger charge is 2.27. The molecule has 1 aromatic rings. The number of halogens is 1. The molecule has 0 saturated carbocycles. The van der Waals surface area contributed by atoms with Crippen molar-refractivity contribution in [2.24, 2.45) is 5.92 Å². The number of nitriles is 1. The minimum atomic E-state index is -1.32. The smallest absolute Gasteiger partial charge is 0.245 e. The lowest BCUT2D eigenvalue weighted by Gasteiger charge is -2.09. The van der Waals surface area contributed by atoms with Crippen LogP contribution in [0.1, 0.15) is 15.9 Å². The van der Waals surface area contributed by atoms with Gasteiger partial charge in [0.1, 0.15) is 0 Å². The molecule has 0 spiro atoms. The molecule has 0 heterocycles. The second-order valence-electron chi connectivity index (χ2n) is 3.50. The van der Waals surface area contributed by atoms with Crippen molar-refractivity contribution >= 4 is 23.3 Å². The van der Waals surface area contributed by atoms with E-state index in [0.29, 0.717) is 16.1 Å². The Morgan fingerprint density at radius 2 is 2.12 bits per heavy atom. The molecule has 0 aliphatic carbocycles. The summed E-state index contributed by atoms with van der Waals surface area (Å²) in [6.45, 7) is 1.71. The number of carbonyl (C=O) groups is 2. The molecule has 1 N–H and O–H groups in total. The molecule has 1 aromatic carbocycles. The summed E-state index contributed by atoms with van der Waals surface area (Å²) in [5.41, 5.74) is 0.983. The Labute approximate surface area is 104 Å². The van der Waals surface area contributed by atoms with E-state index in [1.54, 1.807) is 25.1 Å². The van der Waals surface area contributed by atoms with Crippen molar-refractivity contribution < 1.29 is 9.59 Å². The largest absolute Gasteiger partial charge is 0.358 e. The SMILES string of the molecule is CNC(=O)C(C#N)C(=O)c1ccc(Cl)cc1C. The molecular formula is C12H11ClN2O2. The Bertz CT molecular complexity index is 506. The van der Waals surface area contributed by atoms with E-state index < -0.39 is 17.6 Å². The van der Waals surface area contributed by atoms with Crippen molar-refractivity contribution in [1.29, 1.82) is 5.26 Å². The molecule has 0 aliphatic heterocycles. The summed E-state index contributed by atoms with van der Waals surface area (Å²) in [5, 5.41) is 11.6. The first kappa shape index (κ1) is 13.2. The predicted octanol–water partition coefficient (Wildman–Crippen LogP) is 1.72. The quantitative estimate of drug-likeness (QED) is 0.656. The van der Waals surface area contributed by atoms with Crippen LogP contribution in [-0.4, -0.2) is 18.7 Å². The van der Waals surface area contributed by atoms with Crippen LogP contribution in [0.5, 0.6) is 0 Å². The second-order valence-corrected chi connectivity index (χ2v) is 3.94. The molecule has 1 unspecified atom stereocenters. The van der Waals surface area contributed by atoms with Gasteiger partial charge in [-0.15, -0.1) is 0 Å². The molecule has 5 heteroatoms. The summed E-state index contributed by atoms with van der Waals surface area (Å²) in [4.78, 5) is 23.3. The maximum absolute atomic E-state index is 12.0. The molecule has 0 aliphatic rings. The van der Waals surface area contributed by atoms with Crippen LogP contribution in [-0.2, 0) is 4.79 Å². The van der Waals surface area contributed by atoms with Gasteiger partial charge in [-0.25, -0.2) is 0 Å². The summed E-state index contributed by atoms with van der Waals surface area (Å²) >= 11 is 5.77. The molecule has 1 atom stereocenters. The highest BCUT2D eigenvalue weighted by molar-refractivity contribution is 6.30. The van der Waals surface area contributed by atoms with Gasteiger partial charge >= 0.3 is 0 Å². The van der Waals surface area contributed by atoms with E-state index in [0.717, 1.165) is 0 Å².